The fourth-order valence-electron chi connectivity index (χ4n) is 4.97. The van der Waals surface area contributed by atoms with Crippen molar-refractivity contribution in [2.45, 2.75) is 53.0 Å². The standard InChI is InChI=1S/C32H40N2O3/c1-4-6-17-33(18-7-5-2)19-20-37-29-14-11-25(12-15-29)23-34-31-16-13-28(36)22-30(31)24(3)32(34)26-9-8-10-27(35)21-26/h8-16,21-22,35-36H,4-7,17-20,23H2,1-3H3. The second-order valence-electron chi connectivity index (χ2n) is 9.85. The average molecular weight is 501 g/mol. The number of phenolic OH excluding ortho intramolecular Hbond substituents is 2. The van der Waals surface area contributed by atoms with E-state index < -0.39 is 0 Å². The first-order chi connectivity index (χ1) is 18.0. The predicted octanol–water partition coefficient (Wildman–Crippen LogP) is 7.36. The van der Waals surface area contributed by atoms with Gasteiger partial charge in [0.2, 0.25) is 0 Å². The van der Waals surface area contributed by atoms with Crippen molar-refractivity contribution in [3.8, 4) is 28.5 Å². The summed E-state index contributed by atoms with van der Waals surface area (Å²) < 4.78 is 8.35. The van der Waals surface area contributed by atoms with Crippen molar-refractivity contribution >= 4 is 10.9 Å². The van der Waals surface area contributed by atoms with E-state index in [0.29, 0.717) is 13.2 Å². The monoisotopic (exact) mass is 500 g/mol. The summed E-state index contributed by atoms with van der Waals surface area (Å²) in [6, 6.07) is 21.2. The Balaban J connectivity index is 1.51. The van der Waals surface area contributed by atoms with E-state index in [4.69, 9.17) is 4.74 Å². The number of benzene rings is 3. The highest BCUT2D eigenvalue weighted by molar-refractivity contribution is 5.92. The fourth-order valence-corrected chi connectivity index (χ4v) is 4.97. The zero-order chi connectivity index (χ0) is 26.2. The van der Waals surface area contributed by atoms with Crippen LogP contribution in [0.3, 0.4) is 0 Å². The number of aromatic nitrogens is 1. The highest BCUT2D eigenvalue weighted by atomic mass is 16.5. The Morgan fingerprint density at radius 1 is 0.811 bits per heavy atom. The van der Waals surface area contributed by atoms with Crippen molar-refractivity contribution < 1.29 is 14.9 Å². The van der Waals surface area contributed by atoms with Crippen molar-refractivity contribution in [1.82, 2.24) is 9.47 Å². The number of fused-ring (bicyclic) bond motifs is 1. The topological polar surface area (TPSA) is 57.9 Å². The van der Waals surface area contributed by atoms with Crippen LogP contribution in [0.15, 0.2) is 66.7 Å². The molecule has 1 aromatic heterocycles. The van der Waals surface area contributed by atoms with E-state index in [-0.39, 0.29) is 11.5 Å². The summed E-state index contributed by atoms with van der Waals surface area (Å²) in [6.45, 7) is 11.1. The van der Waals surface area contributed by atoms with Crippen LogP contribution in [0.5, 0.6) is 17.2 Å². The molecule has 0 fully saturated rings. The van der Waals surface area contributed by atoms with Gasteiger partial charge in [0.1, 0.15) is 23.9 Å². The minimum Gasteiger partial charge on any atom is -0.508 e. The maximum atomic E-state index is 10.1. The van der Waals surface area contributed by atoms with Gasteiger partial charge in [0.15, 0.2) is 0 Å². The van der Waals surface area contributed by atoms with Gasteiger partial charge in [0.25, 0.3) is 0 Å². The number of hydrogen-bond donors (Lipinski definition) is 2. The van der Waals surface area contributed by atoms with Gasteiger partial charge >= 0.3 is 0 Å². The molecule has 0 bridgehead atoms. The maximum absolute atomic E-state index is 10.1. The summed E-state index contributed by atoms with van der Waals surface area (Å²) in [5.41, 5.74) is 5.27. The molecule has 0 saturated carbocycles. The Hall–Kier alpha value is -3.44. The predicted molar refractivity (Wildman–Crippen MR) is 153 cm³/mol. The highest BCUT2D eigenvalue weighted by Crippen LogP contribution is 2.36. The number of hydrogen-bond acceptors (Lipinski definition) is 4. The molecular weight excluding hydrogens is 460 g/mol. The van der Waals surface area contributed by atoms with E-state index >= 15 is 0 Å². The molecule has 3 aromatic carbocycles. The van der Waals surface area contributed by atoms with E-state index in [1.807, 2.05) is 24.3 Å². The lowest BCUT2D eigenvalue weighted by atomic mass is 10.1. The van der Waals surface area contributed by atoms with Crippen LogP contribution >= 0.6 is 0 Å². The Morgan fingerprint density at radius 2 is 1.51 bits per heavy atom. The summed E-state index contributed by atoms with van der Waals surface area (Å²) >= 11 is 0. The minimum atomic E-state index is 0.237. The molecule has 37 heavy (non-hydrogen) atoms. The van der Waals surface area contributed by atoms with Crippen molar-refractivity contribution in [1.29, 1.82) is 0 Å². The molecule has 5 heteroatoms. The molecule has 0 aliphatic heterocycles. The van der Waals surface area contributed by atoms with Crippen LogP contribution in [0.1, 0.15) is 50.7 Å². The van der Waals surface area contributed by atoms with Gasteiger partial charge in [-0.25, -0.2) is 0 Å². The first kappa shape index (κ1) is 26.6. The number of ether oxygens (including phenoxy) is 1. The number of aryl methyl sites for hydroxylation is 1. The van der Waals surface area contributed by atoms with Gasteiger partial charge in [-0.15, -0.1) is 0 Å². The SMILES string of the molecule is CCCCN(CCCC)CCOc1ccc(Cn2c(-c3cccc(O)c3)c(C)c3cc(O)ccc32)cc1. The molecule has 0 radical (unpaired) electrons. The van der Waals surface area contributed by atoms with Crippen LogP contribution in [0.4, 0.5) is 0 Å². The zero-order valence-corrected chi connectivity index (χ0v) is 22.4. The van der Waals surface area contributed by atoms with E-state index in [1.165, 1.54) is 25.7 Å². The summed E-state index contributed by atoms with van der Waals surface area (Å²) in [4.78, 5) is 2.52. The number of rotatable bonds is 13. The number of phenols is 2. The van der Waals surface area contributed by atoms with Gasteiger partial charge in [0, 0.05) is 29.6 Å². The molecule has 0 spiro atoms. The van der Waals surface area contributed by atoms with Gasteiger partial charge in [-0.2, -0.15) is 0 Å². The quantitative estimate of drug-likeness (QED) is 0.201. The second-order valence-corrected chi connectivity index (χ2v) is 9.85. The Bertz CT molecular complexity index is 1290. The summed E-state index contributed by atoms with van der Waals surface area (Å²) in [5.74, 6) is 1.38. The van der Waals surface area contributed by atoms with Gasteiger partial charge in [-0.3, -0.25) is 4.90 Å². The third-order valence-electron chi connectivity index (χ3n) is 7.02. The van der Waals surface area contributed by atoms with Crippen LogP contribution in [0.25, 0.3) is 22.2 Å². The molecule has 0 aliphatic rings. The van der Waals surface area contributed by atoms with Crippen LogP contribution in [0.2, 0.25) is 0 Å². The second kappa shape index (κ2) is 12.7. The third kappa shape index (κ3) is 6.66. The smallest absolute Gasteiger partial charge is 0.119 e. The Labute approximate surface area is 220 Å². The molecule has 0 saturated heterocycles. The van der Waals surface area contributed by atoms with Crippen molar-refractivity contribution in [2.75, 3.05) is 26.2 Å². The largest absolute Gasteiger partial charge is 0.508 e. The Morgan fingerprint density at radius 3 is 2.19 bits per heavy atom. The Kier molecular flexibility index (Phi) is 9.13. The van der Waals surface area contributed by atoms with E-state index in [0.717, 1.165) is 58.7 Å². The van der Waals surface area contributed by atoms with Gasteiger partial charge < -0.3 is 19.5 Å². The third-order valence-corrected chi connectivity index (χ3v) is 7.02. The molecule has 4 rings (SSSR count). The van der Waals surface area contributed by atoms with E-state index in [1.54, 1.807) is 18.2 Å². The molecule has 0 amide bonds. The molecule has 2 N–H and O–H groups in total. The molecule has 4 aromatic rings. The lowest BCUT2D eigenvalue weighted by Gasteiger charge is -2.22. The minimum absolute atomic E-state index is 0.237. The molecule has 0 unspecified atom stereocenters. The van der Waals surface area contributed by atoms with Crippen molar-refractivity contribution in [3.05, 3.63) is 77.9 Å². The van der Waals surface area contributed by atoms with Crippen molar-refractivity contribution in [3.63, 3.8) is 0 Å². The molecule has 1 heterocycles. The molecular formula is C32H40N2O3. The lowest BCUT2D eigenvalue weighted by Crippen LogP contribution is -2.30. The normalized spacial score (nSPS) is 11.5. The van der Waals surface area contributed by atoms with Crippen LogP contribution < -0.4 is 4.74 Å². The summed E-state index contributed by atoms with van der Waals surface area (Å²) in [5, 5.41) is 21.2. The molecule has 0 atom stereocenters. The fraction of sp³-hybridized carbons (Fsp3) is 0.375. The zero-order valence-electron chi connectivity index (χ0n) is 22.4. The van der Waals surface area contributed by atoms with Crippen molar-refractivity contribution in [2.24, 2.45) is 0 Å². The van der Waals surface area contributed by atoms with Crippen LogP contribution in [-0.2, 0) is 6.54 Å². The van der Waals surface area contributed by atoms with E-state index in [9.17, 15) is 10.2 Å². The molecule has 5 nitrogen and oxygen atoms in total. The van der Waals surface area contributed by atoms with Gasteiger partial charge in [-0.05, 0) is 86.4 Å². The maximum Gasteiger partial charge on any atom is 0.119 e. The molecule has 196 valence electrons. The highest BCUT2D eigenvalue weighted by Gasteiger charge is 2.17. The number of nitrogens with zero attached hydrogens (tertiary/aromatic N) is 2. The van der Waals surface area contributed by atoms with Crippen LogP contribution in [0, 0.1) is 6.92 Å². The lowest BCUT2D eigenvalue weighted by molar-refractivity contribution is 0.204. The number of unbranched alkanes of at least 4 members (excludes halogenated alkanes) is 2. The average Bonchev–Trinajstić information content (AvgIpc) is 3.16. The number of aromatic hydroxyl groups is 2. The molecule has 0 aliphatic carbocycles. The first-order valence-corrected chi connectivity index (χ1v) is 13.6. The van der Waals surface area contributed by atoms with E-state index in [2.05, 4.69) is 54.5 Å². The van der Waals surface area contributed by atoms with Crippen LogP contribution in [-0.4, -0.2) is 45.9 Å². The summed E-state index contributed by atoms with van der Waals surface area (Å²) in [6.07, 6.45) is 4.90. The first-order valence-electron chi connectivity index (χ1n) is 13.6. The summed E-state index contributed by atoms with van der Waals surface area (Å²) in [7, 11) is 0. The van der Waals surface area contributed by atoms with Gasteiger partial charge in [0.05, 0.1) is 5.69 Å². The van der Waals surface area contributed by atoms with Gasteiger partial charge in [-0.1, -0.05) is 51.0 Å².